The molecule has 2 aliphatic carbocycles. The summed E-state index contributed by atoms with van der Waals surface area (Å²) in [6, 6.07) is 8.64. The fourth-order valence-electron chi connectivity index (χ4n) is 3.71. The lowest BCUT2D eigenvalue weighted by atomic mass is 9.74. The monoisotopic (exact) mass is 244 g/mol. The molecular weight excluding hydrogens is 220 g/mol. The van der Waals surface area contributed by atoms with E-state index in [0.29, 0.717) is 11.8 Å². The molecule has 2 saturated carbocycles. The lowest BCUT2D eigenvalue weighted by Gasteiger charge is -2.33. The fraction of sp³-hybridized carbons (Fsp3) is 0.647. The molecule has 3 rings (SSSR count). The van der Waals surface area contributed by atoms with E-state index >= 15 is 0 Å². The molecule has 2 fully saturated rings. The van der Waals surface area contributed by atoms with E-state index in [9.17, 15) is 5.11 Å². The molecule has 0 saturated heterocycles. The van der Waals surface area contributed by atoms with Gasteiger partial charge in [-0.15, -0.1) is 0 Å². The van der Waals surface area contributed by atoms with Crippen LogP contribution in [0.1, 0.15) is 68.9 Å². The molecule has 0 heterocycles. The van der Waals surface area contributed by atoms with Gasteiger partial charge in [-0.25, -0.2) is 0 Å². The molecule has 0 spiro atoms. The van der Waals surface area contributed by atoms with Crippen LogP contribution in [0.3, 0.4) is 0 Å². The SMILES string of the molecule is CCC1CCC(O)(c2ccccc2C2CCC2)C1. The minimum atomic E-state index is -0.535. The Hall–Kier alpha value is -0.820. The molecule has 0 aliphatic heterocycles. The van der Waals surface area contributed by atoms with E-state index in [1.807, 2.05) is 0 Å². The van der Waals surface area contributed by atoms with E-state index in [2.05, 4.69) is 31.2 Å². The Kier molecular flexibility index (Phi) is 3.19. The summed E-state index contributed by atoms with van der Waals surface area (Å²) in [6.07, 6.45) is 8.28. The third-order valence-electron chi connectivity index (χ3n) is 5.18. The Morgan fingerprint density at radius 1 is 1.22 bits per heavy atom. The largest absolute Gasteiger partial charge is 0.385 e. The van der Waals surface area contributed by atoms with Gasteiger partial charge in [0.2, 0.25) is 0 Å². The van der Waals surface area contributed by atoms with Gasteiger partial charge in [0.1, 0.15) is 0 Å². The molecular formula is C17H24O. The van der Waals surface area contributed by atoms with Gasteiger partial charge in [-0.3, -0.25) is 0 Å². The standard InChI is InChI=1S/C17H24O/c1-2-13-10-11-17(18,12-13)16-9-4-3-8-15(16)14-6-5-7-14/h3-4,8-9,13-14,18H,2,5-7,10-12H2,1H3. The van der Waals surface area contributed by atoms with Crippen LogP contribution < -0.4 is 0 Å². The Morgan fingerprint density at radius 2 is 2.00 bits per heavy atom. The van der Waals surface area contributed by atoms with Crippen LogP contribution in [0, 0.1) is 5.92 Å². The van der Waals surface area contributed by atoms with Gasteiger partial charge in [-0.2, -0.15) is 0 Å². The maximum absolute atomic E-state index is 11.0. The molecule has 1 N–H and O–H groups in total. The molecule has 0 amide bonds. The van der Waals surface area contributed by atoms with Gasteiger partial charge in [0.05, 0.1) is 5.60 Å². The van der Waals surface area contributed by atoms with Crippen molar-refractivity contribution in [2.45, 2.75) is 63.4 Å². The Morgan fingerprint density at radius 3 is 2.61 bits per heavy atom. The van der Waals surface area contributed by atoms with Gasteiger partial charge in [0.25, 0.3) is 0 Å². The van der Waals surface area contributed by atoms with Crippen molar-refractivity contribution in [2.24, 2.45) is 5.92 Å². The van der Waals surface area contributed by atoms with Crippen LogP contribution in [-0.4, -0.2) is 5.11 Å². The zero-order chi connectivity index (χ0) is 12.6. The fourth-order valence-corrected chi connectivity index (χ4v) is 3.71. The summed E-state index contributed by atoms with van der Waals surface area (Å²) >= 11 is 0. The summed E-state index contributed by atoms with van der Waals surface area (Å²) in [6.45, 7) is 2.24. The minimum Gasteiger partial charge on any atom is -0.385 e. The average molecular weight is 244 g/mol. The Bertz CT molecular complexity index is 421. The predicted molar refractivity (Wildman–Crippen MR) is 74.6 cm³/mol. The van der Waals surface area contributed by atoms with Crippen LogP contribution in [0.2, 0.25) is 0 Å². The van der Waals surface area contributed by atoms with E-state index in [1.54, 1.807) is 0 Å². The first-order valence-electron chi connectivity index (χ1n) is 7.55. The molecule has 18 heavy (non-hydrogen) atoms. The van der Waals surface area contributed by atoms with Crippen LogP contribution in [0.15, 0.2) is 24.3 Å². The van der Waals surface area contributed by atoms with Crippen molar-refractivity contribution in [3.63, 3.8) is 0 Å². The second kappa shape index (κ2) is 4.70. The Labute approximate surface area is 110 Å². The molecule has 1 aromatic rings. The highest BCUT2D eigenvalue weighted by atomic mass is 16.3. The van der Waals surface area contributed by atoms with Crippen LogP contribution in [-0.2, 0) is 5.60 Å². The van der Waals surface area contributed by atoms with Gasteiger partial charge < -0.3 is 5.11 Å². The van der Waals surface area contributed by atoms with Gasteiger partial charge >= 0.3 is 0 Å². The molecule has 2 aliphatic rings. The minimum absolute atomic E-state index is 0.535. The first-order chi connectivity index (χ1) is 8.73. The van der Waals surface area contributed by atoms with Crippen molar-refractivity contribution in [1.29, 1.82) is 0 Å². The summed E-state index contributed by atoms with van der Waals surface area (Å²) in [4.78, 5) is 0. The Balaban J connectivity index is 1.91. The van der Waals surface area contributed by atoms with Crippen molar-refractivity contribution in [3.8, 4) is 0 Å². The lowest BCUT2D eigenvalue weighted by molar-refractivity contribution is 0.0381. The summed E-state index contributed by atoms with van der Waals surface area (Å²) in [5, 5.41) is 11.0. The van der Waals surface area contributed by atoms with Gasteiger partial charge in [-0.05, 0) is 55.1 Å². The van der Waals surface area contributed by atoms with Crippen molar-refractivity contribution < 1.29 is 5.11 Å². The zero-order valence-corrected chi connectivity index (χ0v) is 11.4. The molecule has 98 valence electrons. The summed E-state index contributed by atoms with van der Waals surface area (Å²) in [7, 11) is 0. The number of hydrogen-bond acceptors (Lipinski definition) is 1. The van der Waals surface area contributed by atoms with Crippen LogP contribution in [0.4, 0.5) is 0 Å². The molecule has 1 nitrogen and oxygen atoms in total. The molecule has 0 bridgehead atoms. The second-order valence-corrected chi connectivity index (χ2v) is 6.26. The number of rotatable bonds is 3. The molecule has 1 aromatic carbocycles. The molecule has 0 radical (unpaired) electrons. The quantitative estimate of drug-likeness (QED) is 0.838. The third-order valence-corrected chi connectivity index (χ3v) is 5.18. The maximum atomic E-state index is 11.0. The van der Waals surface area contributed by atoms with Crippen LogP contribution in [0.5, 0.6) is 0 Å². The lowest BCUT2D eigenvalue weighted by Crippen LogP contribution is -2.25. The molecule has 2 unspecified atom stereocenters. The van der Waals surface area contributed by atoms with Crippen molar-refractivity contribution in [3.05, 3.63) is 35.4 Å². The van der Waals surface area contributed by atoms with E-state index in [0.717, 1.165) is 12.8 Å². The van der Waals surface area contributed by atoms with E-state index < -0.39 is 5.60 Å². The topological polar surface area (TPSA) is 20.2 Å². The number of hydrogen-bond donors (Lipinski definition) is 1. The number of aliphatic hydroxyl groups is 1. The summed E-state index contributed by atoms with van der Waals surface area (Å²) in [5.41, 5.74) is 2.14. The van der Waals surface area contributed by atoms with Crippen molar-refractivity contribution in [2.75, 3.05) is 0 Å². The smallest absolute Gasteiger partial charge is 0.0902 e. The van der Waals surface area contributed by atoms with Crippen molar-refractivity contribution >= 4 is 0 Å². The normalized spacial score (nSPS) is 32.4. The highest BCUT2D eigenvalue weighted by molar-refractivity contribution is 5.36. The molecule has 0 aromatic heterocycles. The molecule has 2 atom stereocenters. The second-order valence-electron chi connectivity index (χ2n) is 6.26. The van der Waals surface area contributed by atoms with E-state index in [-0.39, 0.29) is 0 Å². The first-order valence-corrected chi connectivity index (χ1v) is 7.55. The van der Waals surface area contributed by atoms with E-state index in [1.165, 1.54) is 43.2 Å². The summed E-state index contributed by atoms with van der Waals surface area (Å²) < 4.78 is 0. The third kappa shape index (κ3) is 1.99. The first kappa shape index (κ1) is 12.2. The maximum Gasteiger partial charge on any atom is 0.0902 e. The predicted octanol–water partition coefficient (Wildman–Crippen LogP) is 4.35. The van der Waals surface area contributed by atoms with Gasteiger partial charge in [-0.1, -0.05) is 44.0 Å². The van der Waals surface area contributed by atoms with Gasteiger partial charge in [0, 0.05) is 0 Å². The highest BCUT2D eigenvalue weighted by Crippen LogP contribution is 2.48. The average Bonchev–Trinajstić information content (AvgIpc) is 2.71. The van der Waals surface area contributed by atoms with E-state index in [4.69, 9.17) is 0 Å². The van der Waals surface area contributed by atoms with Crippen LogP contribution >= 0.6 is 0 Å². The van der Waals surface area contributed by atoms with Crippen LogP contribution in [0.25, 0.3) is 0 Å². The van der Waals surface area contributed by atoms with Crippen molar-refractivity contribution in [1.82, 2.24) is 0 Å². The molecule has 1 heteroatoms. The summed E-state index contributed by atoms with van der Waals surface area (Å²) in [5.74, 6) is 1.43. The zero-order valence-electron chi connectivity index (χ0n) is 11.4. The van der Waals surface area contributed by atoms with Gasteiger partial charge in [0.15, 0.2) is 0 Å². The number of benzene rings is 1. The highest BCUT2D eigenvalue weighted by Gasteiger charge is 2.40.